The third-order valence-corrected chi connectivity index (χ3v) is 6.04. The van der Waals surface area contributed by atoms with Gasteiger partial charge in [0.05, 0.1) is 11.4 Å². The Hall–Kier alpha value is -1.99. The topological polar surface area (TPSA) is 81.2 Å². The molecule has 1 saturated heterocycles. The fourth-order valence-electron chi connectivity index (χ4n) is 3.07. The number of hydrogen-bond acceptors (Lipinski definition) is 4. The number of amides is 2. The van der Waals surface area contributed by atoms with Gasteiger partial charge in [-0.2, -0.15) is 0 Å². The monoisotopic (exact) mass is 392 g/mol. The second-order valence-electron chi connectivity index (χ2n) is 6.31. The fourth-order valence-corrected chi connectivity index (χ4v) is 4.11. The lowest BCUT2D eigenvalue weighted by Crippen LogP contribution is -2.42. The van der Waals surface area contributed by atoms with Crippen molar-refractivity contribution in [1.29, 1.82) is 0 Å². The van der Waals surface area contributed by atoms with Crippen molar-refractivity contribution in [1.82, 2.24) is 14.5 Å². The lowest BCUT2D eigenvalue weighted by atomic mass is 9.96. The summed E-state index contributed by atoms with van der Waals surface area (Å²) in [5, 5.41) is 1.44. The van der Waals surface area contributed by atoms with Gasteiger partial charge in [-0.1, -0.05) is 29.4 Å². The highest BCUT2D eigenvalue weighted by atomic mass is 35.5. The maximum Gasteiger partial charge on any atom is 0.233 e. The molecule has 138 valence electrons. The largest absolute Gasteiger partial charge is 0.369 e. The molecule has 26 heavy (non-hydrogen) atoms. The van der Waals surface area contributed by atoms with Crippen LogP contribution >= 0.6 is 23.4 Å². The number of hydrogen-bond donors (Lipinski definition) is 1. The van der Waals surface area contributed by atoms with E-state index in [-0.39, 0.29) is 17.7 Å². The van der Waals surface area contributed by atoms with Gasteiger partial charge < -0.3 is 10.6 Å². The number of carbonyl (C=O) groups is 2. The van der Waals surface area contributed by atoms with Crippen LogP contribution < -0.4 is 5.73 Å². The Morgan fingerprint density at radius 2 is 2.08 bits per heavy atom. The number of piperidine rings is 1. The van der Waals surface area contributed by atoms with Gasteiger partial charge in [-0.25, -0.2) is 4.98 Å². The molecule has 0 radical (unpaired) electrons. The van der Waals surface area contributed by atoms with Crippen LogP contribution in [0.3, 0.4) is 0 Å². The molecule has 8 heteroatoms. The van der Waals surface area contributed by atoms with Crippen LogP contribution in [-0.4, -0.2) is 45.1 Å². The summed E-state index contributed by atoms with van der Waals surface area (Å²) in [4.78, 5) is 29.9. The van der Waals surface area contributed by atoms with E-state index in [1.54, 1.807) is 11.1 Å². The molecule has 0 bridgehead atoms. The Morgan fingerprint density at radius 3 is 2.77 bits per heavy atom. The number of thioether (sulfide) groups is 1. The molecular weight excluding hydrogens is 372 g/mol. The van der Waals surface area contributed by atoms with Gasteiger partial charge in [0.2, 0.25) is 11.8 Å². The van der Waals surface area contributed by atoms with Crippen LogP contribution in [-0.2, 0) is 9.59 Å². The number of likely N-dealkylation sites (tertiary alicyclic amines) is 1. The smallest absolute Gasteiger partial charge is 0.233 e. The molecule has 1 aromatic heterocycles. The van der Waals surface area contributed by atoms with Crippen molar-refractivity contribution in [3.05, 3.63) is 41.2 Å². The van der Waals surface area contributed by atoms with Crippen molar-refractivity contribution in [2.45, 2.75) is 24.9 Å². The molecule has 1 aliphatic rings. The second-order valence-corrected chi connectivity index (χ2v) is 7.66. The zero-order valence-electron chi connectivity index (χ0n) is 14.5. The first-order chi connectivity index (χ1) is 12.5. The van der Waals surface area contributed by atoms with Crippen molar-refractivity contribution in [2.75, 3.05) is 18.8 Å². The summed E-state index contributed by atoms with van der Waals surface area (Å²) in [7, 11) is 0. The summed E-state index contributed by atoms with van der Waals surface area (Å²) in [6.45, 7) is 3.11. The summed E-state index contributed by atoms with van der Waals surface area (Å²) in [5.41, 5.74) is 7.26. The molecule has 0 unspecified atom stereocenters. The first-order valence-corrected chi connectivity index (χ1v) is 9.82. The van der Waals surface area contributed by atoms with Gasteiger partial charge >= 0.3 is 0 Å². The molecule has 1 fully saturated rings. The number of carbonyl (C=O) groups excluding carboxylic acids is 2. The summed E-state index contributed by atoms with van der Waals surface area (Å²) in [5.74, 6) is -0.0326. The Morgan fingerprint density at radius 1 is 1.35 bits per heavy atom. The lowest BCUT2D eigenvalue weighted by Gasteiger charge is -2.30. The summed E-state index contributed by atoms with van der Waals surface area (Å²) in [6, 6.07) is 5.72. The Balaban J connectivity index is 1.63. The summed E-state index contributed by atoms with van der Waals surface area (Å²) >= 11 is 7.61. The minimum Gasteiger partial charge on any atom is -0.369 e. The zero-order valence-corrected chi connectivity index (χ0v) is 16.1. The highest BCUT2D eigenvalue weighted by Gasteiger charge is 2.26. The minimum atomic E-state index is -0.273. The number of rotatable bonds is 5. The first kappa shape index (κ1) is 18.8. The molecule has 0 saturated carbocycles. The van der Waals surface area contributed by atoms with Crippen molar-refractivity contribution in [2.24, 2.45) is 11.7 Å². The number of aromatic nitrogens is 2. The first-order valence-electron chi connectivity index (χ1n) is 8.46. The third kappa shape index (κ3) is 4.04. The molecule has 0 atom stereocenters. The van der Waals surface area contributed by atoms with E-state index in [9.17, 15) is 9.59 Å². The number of nitrogens with zero attached hydrogens (tertiary/aromatic N) is 3. The Bertz CT molecular complexity index is 815. The van der Waals surface area contributed by atoms with Crippen molar-refractivity contribution in [3.8, 4) is 5.69 Å². The van der Waals surface area contributed by atoms with Gasteiger partial charge in [-0.05, 0) is 37.5 Å². The number of halogens is 1. The molecule has 1 aromatic carbocycles. The van der Waals surface area contributed by atoms with Crippen molar-refractivity contribution in [3.63, 3.8) is 0 Å². The molecule has 3 rings (SSSR count). The maximum atomic E-state index is 12.5. The average molecular weight is 393 g/mol. The van der Waals surface area contributed by atoms with Gasteiger partial charge in [0, 0.05) is 36.4 Å². The normalized spacial score (nSPS) is 15.2. The molecule has 0 aliphatic carbocycles. The summed E-state index contributed by atoms with van der Waals surface area (Å²) in [6.07, 6.45) is 4.86. The summed E-state index contributed by atoms with van der Waals surface area (Å²) < 4.78 is 1.94. The number of primary amides is 1. The molecule has 6 nitrogen and oxygen atoms in total. The van der Waals surface area contributed by atoms with Crippen LogP contribution in [0.25, 0.3) is 5.69 Å². The van der Waals surface area contributed by atoms with E-state index in [1.807, 2.05) is 35.9 Å². The van der Waals surface area contributed by atoms with E-state index in [1.165, 1.54) is 11.8 Å². The van der Waals surface area contributed by atoms with E-state index in [0.29, 0.717) is 36.7 Å². The van der Waals surface area contributed by atoms with E-state index in [4.69, 9.17) is 17.3 Å². The Labute approximate surface area is 161 Å². The van der Waals surface area contributed by atoms with Crippen LogP contribution in [0.15, 0.2) is 35.7 Å². The number of benzene rings is 1. The van der Waals surface area contributed by atoms with Crippen LogP contribution in [0, 0.1) is 12.8 Å². The maximum absolute atomic E-state index is 12.5. The second kappa shape index (κ2) is 8.14. The fraction of sp³-hybridized carbons (Fsp3) is 0.389. The molecule has 2 heterocycles. The van der Waals surface area contributed by atoms with Gasteiger partial charge in [0.1, 0.15) is 0 Å². The molecular formula is C18H21ClN4O2S. The highest BCUT2D eigenvalue weighted by molar-refractivity contribution is 7.99. The van der Waals surface area contributed by atoms with E-state index in [0.717, 1.165) is 16.4 Å². The standard InChI is InChI=1S/C18H21ClN4O2S/c1-12-14(19)3-2-4-15(12)23-10-7-21-18(23)26-11-16(24)22-8-5-13(6-9-22)17(20)25/h2-4,7,10,13H,5-6,8-9,11H2,1H3,(H2,20,25). The molecule has 2 aromatic rings. The zero-order chi connectivity index (χ0) is 18.7. The molecule has 0 spiro atoms. The van der Waals surface area contributed by atoms with Crippen molar-refractivity contribution >= 4 is 35.2 Å². The highest BCUT2D eigenvalue weighted by Crippen LogP contribution is 2.27. The predicted molar refractivity (Wildman–Crippen MR) is 103 cm³/mol. The van der Waals surface area contributed by atoms with Crippen LogP contribution in [0.2, 0.25) is 5.02 Å². The number of nitrogens with two attached hydrogens (primary N) is 1. The van der Waals surface area contributed by atoms with E-state index < -0.39 is 0 Å². The lowest BCUT2D eigenvalue weighted by molar-refractivity contribution is -0.132. The Kier molecular flexibility index (Phi) is 5.88. The van der Waals surface area contributed by atoms with Gasteiger partial charge in [0.15, 0.2) is 5.16 Å². The van der Waals surface area contributed by atoms with Crippen LogP contribution in [0.4, 0.5) is 0 Å². The number of imidazole rings is 1. The predicted octanol–water partition coefficient (Wildman–Crippen LogP) is 2.65. The van der Waals surface area contributed by atoms with Crippen LogP contribution in [0.1, 0.15) is 18.4 Å². The van der Waals surface area contributed by atoms with Crippen LogP contribution in [0.5, 0.6) is 0 Å². The molecule has 2 amide bonds. The minimum absolute atomic E-state index is 0.0512. The quantitative estimate of drug-likeness (QED) is 0.793. The molecule has 1 aliphatic heterocycles. The molecule has 2 N–H and O–H groups in total. The average Bonchev–Trinajstić information content (AvgIpc) is 3.10. The van der Waals surface area contributed by atoms with E-state index in [2.05, 4.69) is 4.98 Å². The third-order valence-electron chi connectivity index (χ3n) is 4.68. The van der Waals surface area contributed by atoms with E-state index >= 15 is 0 Å². The van der Waals surface area contributed by atoms with Crippen molar-refractivity contribution < 1.29 is 9.59 Å². The van der Waals surface area contributed by atoms with Gasteiger partial charge in [0.25, 0.3) is 0 Å². The van der Waals surface area contributed by atoms with Gasteiger partial charge in [-0.15, -0.1) is 0 Å². The SMILES string of the molecule is Cc1c(Cl)cccc1-n1ccnc1SCC(=O)N1CCC(C(N)=O)CC1. The van der Waals surface area contributed by atoms with Gasteiger partial charge in [-0.3, -0.25) is 14.2 Å².